The largest absolute Gasteiger partial charge is 0.495 e. The summed E-state index contributed by atoms with van der Waals surface area (Å²) in [6.45, 7) is 5.58. The molecule has 0 spiro atoms. The van der Waals surface area contributed by atoms with Gasteiger partial charge in [0.2, 0.25) is 0 Å². The molecule has 130 valence electrons. The van der Waals surface area contributed by atoms with Crippen molar-refractivity contribution in [3.8, 4) is 17.1 Å². The molecule has 0 saturated carbocycles. The second-order valence-electron chi connectivity index (χ2n) is 5.96. The van der Waals surface area contributed by atoms with Crippen LogP contribution < -0.4 is 4.74 Å². The highest BCUT2D eigenvalue weighted by molar-refractivity contribution is 7.90. The van der Waals surface area contributed by atoms with Gasteiger partial charge in [-0.25, -0.2) is 17.4 Å². The molecule has 1 aromatic heterocycles. The van der Waals surface area contributed by atoms with Crippen molar-refractivity contribution in [3.63, 3.8) is 0 Å². The van der Waals surface area contributed by atoms with Gasteiger partial charge in [0.05, 0.1) is 12.8 Å². The lowest BCUT2D eigenvalue weighted by atomic mass is 10.1. The Balaban J connectivity index is 2.26. The highest BCUT2D eigenvalue weighted by atomic mass is 32.2. The van der Waals surface area contributed by atoms with Crippen LogP contribution in [-0.2, 0) is 10.0 Å². The maximum absolute atomic E-state index is 13.3. The first-order valence-electron chi connectivity index (χ1n) is 7.87. The van der Waals surface area contributed by atoms with Crippen LogP contribution >= 0.6 is 0 Å². The molecule has 5 nitrogen and oxygen atoms in total. The van der Waals surface area contributed by atoms with E-state index in [1.807, 2.05) is 44.2 Å². The predicted molar refractivity (Wildman–Crippen MR) is 97.5 cm³/mol. The third-order valence-corrected chi connectivity index (χ3v) is 5.82. The minimum Gasteiger partial charge on any atom is -0.495 e. The van der Waals surface area contributed by atoms with Crippen LogP contribution in [-0.4, -0.2) is 24.5 Å². The third-order valence-electron chi connectivity index (χ3n) is 4.14. The quantitative estimate of drug-likeness (QED) is 0.715. The smallest absolute Gasteiger partial charge is 0.273 e. The first-order chi connectivity index (χ1) is 11.8. The Labute approximate surface area is 148 Å². The van der Waals surface area contributed by atoms with E-state index >= 15 is 0 Å². The molecule has 0 unspecified atom stereocenters. The molecule has 6 heteroatoms. The fraction of sp³-hybridized carbons (Fsp3) is 0.211. The van der Waals surface area contributed by atoms with Gasteiger partial charge >= 0.3 is 0 Å². The molecular formula is C19H20N2O3S. The van der Waals surface area contributed by atoms with Crippen LogP contribution in [0.2, 0.25) is 0 Å². The van der Waals surface area contributed by atoms with Crippen LogP contribution in [0, 0.1) is 20.8 Å². The molecule has 0 aliphatic carbocycles. The summed E-state index contributed by atoms with van der Waals surface area (Å²) in [4.78, 5) is 4.54. The van der Waals surface area contributed by atoms with Crippen LogP contribution in [0.3, 0.4) is 0 Å². The lowest BCUT2D eigenvalue weighted by molar-refractivity contribution is 0.402. The lowest BCUT2D eigenvalue weighted by Crippen LogP contribution is -2.15. The van der Waals surface area contributed by atoms with Crippen molar-refractivity contribution in [3.05, 3.63) is 65.5 Å². The summed E-state index contributed by atoms with van der Waals surface area (Å²) in [5, 5.41) is 0. The number of rotatable bonds is 4. The second kappa shape index (κ2) is 6.37. The molecular weight excluding hydrogens is 336 g/mol. The van der Waals surface area contributed by atoms with E-state index in [-0.39, 0.29) is 4.90 Å². The zero-order chi connectivity index (χ0) is 18.2. The van der Waals surface area contributed by atoms with Crippen molar-refractivity contribution in [2.24, 2.45) is 0 Å². The van der Waals surface area contributed by atoms with E-state index in [1.54, 1.807) is 19.1 Å². The topological polar surface area (TPSA) is 61.2 Å². The van der Waals surface area contributed by atoms with Gasteiger partial charge < -0.3 is 4.74 Å². The standard InChI is InChI=1S/C19H20N2O3S/c1-13-10-17(24-4)18(11-14(13)2)25(22,23)21-12-15(3)20-19(21)16-8-6-5-7-9-16/h5-12H,1-4H3. The minimum absolute atomic E-state index is 0.132. The summed E-state index contributed by atoms with van der Waals surface area (Å²) in [6, 6.07) is 12.7. The molecule has 3 aromatic rings. The molecule has 0 aliphatic rings. The molecule has 0 amide bonds. The van der Waals surface area contributed by atoms with Crippen molar-refractivity contribution in [2.75, 3.05) is 7.11 Å². The molecule has 3 rings (SSSR count). The summed E-state index contributed by atoms with van der Waals surface area (Å²) in [5.74, 6) is 0.715. The number of aromatic nitrogens is 2. The minimum atomic E-state index is -3.85. The van der Waals surface area contributed by atoms with E-state index in [0.717, 1.165) is 16.7 Å². The number of hydrogen-bond donors (Lipinski definition) is 0. The lowest BCUT2D eigenvalue weighted by Gasteiger charge is -2.14. The van der Waals surface area contributed by atoms with Crippen LogP contribution in [0.15, 0.2) is 53.6 Å². The third kappa shape index (κ3) is 3.05. The average molecular weight is 356 g/mol. The Morgan fingerprint density at radius 1 is 1.00 bits per heavy atom. The highest BCUT2D eigenvalue weighted by Crippen LogP contribution is 2.31. The summed E-state index contributed by atoms with van der Waals surface area (Å²) in [7, 11) is -2.38. The van der Waals surface area contributed by atoms with Gasteiger partial charge in [-0.2, -0.15) is 0 Å². The van der Waals surface area contributed by atoms with E-state index in [1.165, 1.54) is 17.3 Å². The Morgan fingerprint density at radius 2 is 1.64 bits per heavy atom. The maximum atomic E-state index is 13.3. The van der Waals surface area contributed by atoms with Gasteiger partial charge in [-0.3, -0.25) is 0 Å². The van der Waals surface area contributed by atoms with E-state index in [9.17, 15) is 8.42 Å². The van der Waals surface area contributed by atoms with Crippen LogP contribution in [0.25, 0.3) is 11.4 Å². The van der Waals surface area contributed by atoms with Gasteiger partial charge in [-0.15, -0.1) is 0 Å². The summed E-state index contributed by atoms with van der Waals surface area (Å²) in [5.41, 5.74) is 3.23. The zero-order valence-corrected chi connectivity index (χ0v) is 15.5. The van der Waals surface area contributed by atoms with Gasteiger partial charge in [0, 0.05) is 11.8 Å². The van der Waals surface area contributed by atoms with Crippen molar-refractivity contribution in [1.29, 1.82) is 0 Å². The monoisotopic (exact) mass is 356 g/mol. The summed E-state index contributed by atoms with van der Waals surface area (Å²) < 4.78 is 33.2. The molecule has 1 heterocycles. The summed E-state index contributed by atoms with van der Waals surface area (Å²) >= 11 is 0. The number of methoxy groups -OCH3 is 1. The Morgan fingerprint density at radius 3 is 2.28 bits per heavy atom. The predicted octanol–water partition coefficient (Wildman–Crippen LogP) is 3.72. The van der Waals surface area contributed by atoms with E-state index in [4.69, 9.17) is 4.74 Å². The molecule has 2 aromatic carbocycles. The normalized spacial score (nSPS) is 11.5. The van der Waals surface area contributed by atoms with Crippen molar-refractivity contribution >= 4 is 10.0 Å². The highest BCUT2D eigenvalue weighted by Gasteiger charge is 2.26. The number of imidazole rings is 1. The van der Waals surface area contributed by atoms with Crippen LogP contribution in [0.4, 0.5) is 0 Å². The van der Waals surface area contributed by atoms with E-state index in [2.05, 4.69) is 4.98 Å². The van der Waals surface area contributed by atoms with Crippen molar-refractivity contribution in [1.82, 2.24) is 8.96 Å². The fourth-order valence-corrected chi connectivity index (χ4v) is 4.27. The number of benzene rings is 2. The average Bonchev–Trinajstić information content (AvgIpc) is 3.00. The zero-order valence-electron chi connectivity index (χ0n) is 14.6. The maximum Gasteiger partial charge on any atom is 0.273 e. The SMILES string of the molecule is COc1cc(C)c(C)cc1S(=O)(=O)n1cc(C)nc1-c1ccccc1. The molecule has 0 radical (unpaired) electrons. The van der Waals surface area contributed by atoms with Gasteiger partial charge in [0.1, 0.15) is 10.6 Å². The van der Waals surface area contributed by atoms with E-state index in [0.29, 0.717) is 17.3 Å². The molecule has 0 fully saturated rings. The first kappa shape index (κ1) is 17.2. The van der Waals surface area contributed by atoms with Gasteiger partial charge in [-0.05, 0) is 44.0 Å². The number of ether oxygens (including phenoxy) is 1. The Bertz CT molecular complexity index is 1020. The van der Waals surface area contributed by atoms with Crippen LogP contribution in [0.1, 0.15) is 16.8 Å². The number of hydrogen-bond acceptors (Lipinski definition) is 4. The molecule has 0 atom stereocenters. The molecule has 0 bridgehead atoms. The number of nitrogens with zero attached hydrogens (tertiary/aromatic N) is 2. The molecule has 25 heavy (non-hydrogen) atoms. The molecule has 0 N–H and O–H groups in total. The fourth-order valence-electron chi connectivity index (χ4n) is 2.67. The second-order valence-corrected chi connectivity index (χ2v) is 7.74. The van der Waals surface area contributed by atoms with Crippen LogP contribution in [0.5, 0.6) is 5.75 Å². The van der Waals surface area contributed by atoms with Crippen molar-refractivity contribution in [2.45, 2.75) is 25.7 Å². The molecule has 0 saturated heterocycles. The Kier molecular flexibility index (Phi) is 4.39. The van der Waals surface area contributed by atoms with Gasteiger partial charge in [0.25, 0.3) is 10.0 Å². The number of aryl methyl sites for hydroxylation is 3. The van der Waals surface area contributed by atoms with E-state index < -0.39 is 10.0 Å². The summed E-state index contributed by atoms with van der Waals surface area (Å²) in [6.07, 6.45) is 1.53. The molecule has 0 aliphatic heterocycles. The Hall–Kier alpha value is -2.60. The van der Waals surface area contributed by atoms with Gasteiger partial charge in [0.15, 0.2) is 5.82 Å². The first-order valence-corrected chi connectivity index (χ1v) is 9.31. The van der Waals surface area contributed by atoms with Crippen molar-refractivity contribution < 1.29 is 13.2 Å². The van der Waals surface area contributed by atoms with Gasteiger partial charge in [-0.1, -0.05) is 30.3 Å².